The fourth-order valence-electron chi connectivity index (χ4n) is 2.71. The zero-order valence-electron chi connectivity index (χ0n) is 12.7. The van der Waals surface area contributed by atoms with Crippen molar-refractivity contribution < 1.29 is 22.5 Å². The Morgan fingerprint density at radius 3 is 2.84 bits per heavy atom. The molecule has 4 heterocycles. The second-order valence-corrected chi connectivity index (χ2v) is 5.57. The van der Waals surface area contributed by atoms with Crippen LogP contribution in [-0.4, -0.2) is 43.4 Å². The van der Waals surface area contributed by atoms with Crippen LogP contribution in [0.25, 0.3) is 11.4 Å². The highest BCUT2D eigenvalue weighted by molar-refractivity contribution is 5.92. The monoisotopic (exact) mass is 347 g/mol. The average Bonchev–Trinajstić information content (AvgIpc) is 3.34. The van der Waals surface area contributed by atoms with Crippen molar-refractivity contribution in [1.82, 2.24) is 25.0 Å². The van der Waals surface area contributed by atoms with E-state index in [2.05, 4.69) is 20.1 Å². The van der Waals surface area contributed by atoms with Gasteiger partial charge in [0.1, 0.15) is 12.3 Å². The molecular formula is C15H11F2N5O3. The third-order valence-electron chi connectivity index (χ3n) is 3.85. The first-order valence-corrected chi connectivity index (χ1v) is 7.34. The van der Waals surface area contributed by atoms with Gasteiger partial charge in [-0.2, -0.15) is 4.98 Å². The van der Waals surface area contributed by atoms with Crippen LogP contribution < -0.4 is 0 Å². The van der Waals surface area contributed by atoms with Gasteiger partial charge >= 0.3 is 0 Å². The number of pyridine rings is 1. The lowest BCUT2D eigenvalue weighted by Crippen LogP contribution is -2.33. The molecule has 8 nitrogen and oxygen atoms in total. The molecule has 0 unspecified atom stereocenters. The first-order chi connectivity index (χ1) is 12.0. The standard InChI is InChI=1S/C15H11F2N5O3/c16-15(17)5-11(22(7-15)14(23)10-6-24-8-19-10)13-20-12(21-25-13)9-1-3-18-4-2-9/h1-4,6,8,11H,5,7H2/t11-/m0/s1. The number of aromatic nitrogens is 4. The smallest absolute Gasteiger partial charge is 0.276 e. The van der Waals surface area contributed by atoms with Crippen LogP contribution in [-0.2, 0) is 0 Å². The Morgan fingerprint density at radius 2 is 2.12 bits per heavy atom. The zero-order valence-corrected chi connectivity index (χ0v) is 12.7. The van der Waals surface area contributed by atoms with Crippen molar-refractivity contribution >= 4 is 5.91 Å². The normalized spacial score (nSPS) is 19.3. The topological polar surface area (TPSA) is 98.2 Å². The predicted octanol–water partition coefficient (Wildman–Crippen LogP) is 2.34. The molecule has 1 aliphatic heterocycles. The van der Waals surface area contributed by atoms with Crippen molar-refractivity contribution in [2.75, 3.05) is 6.54 Å². The highest BCUT2D eigenvalue weighted by Gasteiger charge is 2.50. The van der Waals surface area contributed by atoms with E-state index >= 15 is 0 Å². The molecule has 128 valence electrons. The van der Waals surface area contributed by atoms with Crippen molar-refractivity contribution in [2.45, 2.75) is 18.4 Å². The van der Waals surface area contributed by atoms with Crippen LogP contribution in [0.5, 0.6) is 0 Å². The summed E-state index contributed by atoms with van der Waals surface area (Å²) in [5, 5.41) is 3.80. The van der Waals surface area contributed by atoms with Gasteiger partial charge in [-0.05, 0) is 12.1 Å². The minimum absolute atomic E-state index is 0.0548. The molecule has 1 fully saturated rings. The van der Waals surface area contributed by atoms with Crippen molar-refractivity contribution in [3.05, 3.63) is 48.8 Å². The summed E-state index contributed by atoms with van der Waals surface area (Å²) in [7, 11) is 0. The fraction of sp³-hybridized carbons (Fsp3) is 0.267. The quantitative estimate of drug-likeness (QED) is 0.717. The van der Waals surface area contributed by atoms with Crippen molar-refractivity contribution in [1.29, 1.82) is 0 Å². The van der Waals surface area contributed by atoms with E-state index in [4.69, 9.17) is 8.94 Å². The molecule has 0 saturated carbocycles. The van der Waals surface area contributed by atoms with Gasteiger partial charge < -0.3 is 13.8 Å². The van der Waals surface area contributed by atoms with Crippen LogP contribution >= 0.6 is 0 Å². The van der Waals surface area contributed by atoms with Gasteiger partial charge in [-0.25, -0.2) is 13.8 Å². The maximum atomic E-state index is 13.9. The lowest BCUT2D eigenvalue weighted by molar-refractivity contribution is 0.0116. The van der Waals surface area contributed by atoms with E-state index in [0.717, 1.165) is 17.6 Å². The minimum Gasteiger partial charge on any atom is -0.451 e. The average molecular weight is 347 g/mol. The molecule has 1 amide bonds. The number of carbonyl (C=O) groups is 1. The third-order valence-corrected chi connectivity index (χ3v) is 3.85. The number of nitrogens with zero attached hydrogens (tertiary/aromatic N) is 5. The van der Waals surface area contributed by atoms with Gasteiger partial charge in [-0.3, -0.25) is 9.78 Å². The summed E-state index contributed by atoms with van der Waals surface area (Å²) in [6.45, 7) is -0.754. The molecular weight excluding hydrogens is 336 g/mol. The Morgan fingerprint density at radius 1 is 1.32 bits per heavy atom. The molecule has 0 bridgehead atoms. The maximum absolute atomic E-state index is 13.9. The lowest BCUT2D eigenvalue weighted by Gasteiger charge is -2.19. The summed E-state index contributed by atoms with van der Waals surface area (Å²) in [5.74, 6) is -3.56. The number of halogens is 2. The summed E-state index contributed by atoms with van der Waals surface area (Å²) < 4.78 is 37.7. The molecule has 1 saturated heterocycles. The van der Waals surface area contributed by atoms with Crippen LogP contribution in [0.3, 0.4) is 0 Å². The van der Waals surface area contributed by atoms with E-state index in [9.17, 15) is 13.6 Å². The number of alkyl halides is 2. The van der Waals surface area contributed by atoms with Gasteiger partial charge in [-0.15, -0.1) is 0 Å². The lowest BCUT2D eigenvalue weighted by atomic mass is 10.2. The number of oxazole rings is 1. The van der Waals surface area contributed by atoms with E-state index in [1.807, 2.05) is 0 Å². The summed E-state index contributed by atoms with van der Waals surface area (Å²) in [6.07, 6.45) is 4.66. The number of hydrogen-bond donors (Lipinski definition) is 0. The van der Waals surface area contributed by atoms with E-state index in [1.165, 1.54) is 0 Å². The molecule has 4 rings (SSSR count). The highest BCUT2D eigenvalue weighted by atomic mass is 19.3. The molecule has 0 aromatic carbocycles. The van der Waals surface area contributed by atoms with Crippen LogP contribution in [0.2, 0.25) is 0 Å². The van der Waals surface area contributed by atoms with Gasteiger partial charge in [0.2, 0.25) is 11.7 Å². The van der Waals surface area contributed by atoms with Gasteiger partial charge in [-0.1, -0.05) is 5.16 Å². The first-order valence-electron chi connectivity index (χ1n) is 7.34. The largest absolute Gasteiger partial charge is 0.451 e. The van der Waals surface area contributed by atoms with Gasteiger partial charge in [0, 0.05) is 24.4 Å². The Hall–Kier alpha value is -3.17. The summed E-state index contributed by atoms with van der Waals surface area (Å²) >= 11 is 0. The van der Waals surface area contributed by atoms with Crippen LogP contribution in [0, 0.1) is 0 Å². The Labute approximate surface area is 139 Å². The molecule has 0 radical (unpaired) electrons. The van der Waals surface area contributed by atoms with E-state index in [0.29, 0.717) is 5.56 Å². The van der Waals surface area contributed by atoms with Crippen LogP contribution in [0.1, 0.15) is 28.8 Å². The maximum Gasteiger partial charge on any atom is 0.276 e. The minimum atomic E-state index is -3.06. The molecule has 1 aliphatic rings. The van der Waals surface area contributed by atoms with Crippen molar-refractivity contribution in [3.8, 4) is 11.4 Å². The molecule has 10 heteroatoms. The Balaban J connectivity index is 1.65. The van der Waals surface area contributed by atoms with E-state index < -0.39 is 30.8 Å². The second-order valence-electron chi connectivity index (χ2n) is 5.57. The molecule has 3 aromatic heterocycles. The summed E-state index contributed by atoms with van der Waals surface area (Å²) in [5.41, 5.74) is 0.570. The van der Waals surface area contributed by atoms with Crippen LogP contribution in [0.4, 0.5) is 8.78 Å². The molecule has 25 heavy (non-hydrogen) atoms. The van der Waals surface area contributed by atoms with E-state index in [1.54, 1.807) is 24.5 Å². The number of hydrogen-bond acceptors (Lipinski definition) is 7. The van der Waals surface area contributed by atoms with Gasteiger partial charge in [0.25, 0.3) is 11.8 Å². The molecule has 0 spiro atoms. The molecule has 0 aliphatic carbocycles. The summed E-state index contributed by atoms with van der Waals surface area (Å²) in [6, 6.07) is 2.29. The number of amides is 1. The van der Waals surface area contributed by atoms with E-state index in [-0.39, 0.29) is 17.4 Å². The van der Waals surface area contributed by atoms with Crippen molar-refractivity contribution in [2.24, 2.45) is 0 Å². The zero-order chi connectivity index (χ0) is 17.4. The second kappa shape index (κ2) is 5.72. The third kappa shape index (κ3) is 2.86. The molecule has 0 N–H and O–H groups in total. The predicted molar refractivity (Wildman–Crippen MR) is 77.4 cm³/mol. The van der Waals surface area contributed by atoms with Gasteiger partial charge in [0.05, 0.1) is 6.54 Å². The van der Waals surface area contributed by atoms with Crippen LogP contribution in [0.15, 0.2) is 46.1 Å². The first kappa shape index (κ1) is 15.4. The highest BCUT2D eigenvalue weighted by Crippen LogP contribution is 2.41. The molecule has 3 aromatic rings. The van der Waals surface area contributed by atoms with Gasteiger partial charge in [0.15, 0.2) is 12.1 Å². The Kier molecular flexibility index (Phi) is 3.52. The molecule has 1 atom stereocenters. The number of likely N-dealkylation sites (tertiary alicyclic amines) is 1. The Bertz CT molecular complexity index is 882. The SMILES string of the molecule is O=C(c1cocn1)N1CC(F)(F)C[C@H]1c1nc(-c2ccncc2)no1. The number of carbonyl (C=O) groups excluding carboxylic acids is 1. The summed E-state index contributed by atoms with van der Waals surface area (Å²) in [4.78, 5) is 25.2. The van der Waals surface area contributed by atoms with Crippen molar-refractivity contribution in [3.63, 3.8) is 0 Å². The fourth-order valence-corrected chi connectivity index (χ4v) is 2.71. The number of rotatable bonds is 3.